The van der Waals surface area contributed by atoms with Gasteiger partial charge in [-0.05, 0) is 56.0 Å². The molecule has 0 radical (unpaired) electrons. The first-order valence-electron chi connectivity index (χ1n) is 9.58. The van der Waals surface area contributed by atoms with Gasteiger partial charge in [-0.3, -0.25) is 14.8 Å². The highest BCUT2D eigenvalue weighted by Gasteiger charge is 2.58. The molecule has 1 aliphatic carbocycles. The van der Waals surface area contributed by atoms with E-state index in [1.165, 1.54) is 30.5 Å². The first kappa shape index (κ1) is 20.9. The van der Waals surface area contributed by atoms with Crippen LogP contribution < -0.4 is 5.73 Å². The maximum atomic E-state index is 14.8. The molecule has 0 amide bonds. The van der Waals surface area contributed by atoms with Crippen molar-refractivity contribution in [2.45, 2.75) is 42.9 Å². The van der Waals surface area contributed by atoms with Crippen LogP contribution in [0.2, 0.25) is 5.02 Å². The Balaban J connectivity index is 1.68. The number of hydrogen-bond acceptors (Lipinski definition) is 6. The summed E-state index contributed by atoms with van der Waals surface area (Å²) in [5.74, 6) is -1.13. The molecule has 158 valence electrons. The van der Waals surface area contributed by atoms with Crippen LogP contribution in [0.25, 0.3) is 0 Å². The SMILES string of the molecule is C[C@@]1(c2cc(CC(=O)c3ccc(Cl)cn3)ccc2F)CS(=O)(=O)C2(CCC2)C(N)=N1. The zero-order valence-electron chi connectivity index (χ0n) is 16.4. The summed E-state index contributed by atoms with van der Waals surface area (Å²) >= 11 is 5.80. The lowest BCUT2D eigenvalue weighted by molar-refractivity contribution is 0.0988. The van der Waals surface area contributed by atoms with Crippen molar-refractivity contribution in [3.8, 4) is 0 Å². The fourth-order valence-corrected chi connectivity index (χ4v) is 6.81. The molecule has 9 heteroatoms. The van der Waals surface area contributed by atoms with E-state index in [9.17, 15) is 17.6 Å². The predicted molar refractivity (Wildman–Crippen MR) is 113 cm³/mol. The molecule has 30 heavy (non-hydrogen) atoms. The second kappa shape index (κ2) is 7.13. The number of aliphatic imine (C=N–C) groups is 1. The zero-order valence-corrected chi connectivity index (χ0v) is 17.9. The van der Waals surface area contributed by atoms with Gasteiger partial charge in [-0.25, -0.2) is 12.8 Å². The second-order valence-corrected chi connectivity index (χ2v) is 10.9. The van der Waals surface area contributed by atoms with Gasteiger partial charge in [-0.15, -0.1) is 0 Å². The van der Waals surface area contributed by atoms with Crippen LogP contribution in [0, 0.1) is 5.82 Å². The Labute approximate surface area is 179 Å². The summed E-state index contributed by atoms with van der Waals surface area (Å²) in [6, 6.07) is 7.30. The quantitative estimate of drug-likeness (QED) is 0.722. The Morgan fingerprint density at radius 1 is 1.27 bits per heavy atom. The molecular weight excluding hydrogens is 429 g/mol. The Bertz CT molecular complexity index is 1160. The largest absolute Gasteiger partial charge is 0.386 e. The van der Waals surface area contributed by atoms with E-state index in [0.717, 1.165) is 6.42 Å². The highest BCUT2D eigenvalue weighted by Crippen LogP contribution is 2.47. The van der Waals surface area contributed by atoms with Crippen molar-refractivity contribution in [1.82, 2.24) is 4.98 Å². The number of carbonyl (C=O) groups excluding carboxylic acids is 1. The number of ketones is 1. The van der Waals surface area contributed by atoms with E-state index >= 15 is 0 Å². The van der Waals surface area contributed by atoms with Crippen molar-refractivity contribution in [2.24, 2.45) is 10.7 Å². The number of nitrogens with two attached hydrogens (primary N) is 1. The van der Waals surface area contributed by atoms with Crippen LogP contribution in [0.1, 0.15) is 47.8 Å². The molecule has 1 atom stereocenters. The predicted octanol–water partition coefficient (Wildman–Crippen LogP) is 3.22. The average Bonchev–Trinajstić information content (AvgIpc) is 2.61. The standard InChI is InChI=1S/C21H21ClFN3O3S/c1-20(12-30(28,29)21(7-2-8-21)19(24)26-20)15-9-13(3-5-16(15)23)10-18(27)17-6-4-14(22)11-25-17/h3-6,9,11H,2,7-8,10,12H2,1H3,(H2,24,26)/t20-/m0/s1. The summed E-state index contributed by atoms with van der Waals surface area (Å²) in [6.45, 7) is 1.56. The third-order valence-electron chi connectivity index (χ3n) is 6.05. The molecule has 1 aliphatic heterocycles. The third kappa shape index (κ3) is 3.32. The van der Waals surface area contributed by atoms with Crippen LogP contribution in [0.15, 0.2) is 41.5 Å². The number of aromatic nitrogens is 1. The van der Waals surface area contributed by atoms with E-state index in [0.29, 0.717) is 23.4 Å². The average molecular weight is 450 g/mol. The molecule has 1 aromatic carbocycles. The number of sulfone groups is 1. The Morgan fingerprint density at radius 3 is 2.57 bits per heavy atom. The third-order valence-corrected chi connectivity index (χ3v) is 9.02. The summed E-state index contributed by atoms with van der Waals surface area (Å²) < 4.78 is 39.7. The van der Waals surface area contributed by atoms with Crippen LogP contribution >= 0.6 is 11.6 Å². The highest BCUT2D eigenvalue weighted by atomic mass is 35.5. The molecule has 0 unspecified atom stereocenters. The number of halogens is 2. The van der Waals surface area contributed by atoms with Crippen LogP contribution in [-0.2, 0) is 21.8 Å². The lowest BCUT2D eigenvalue weighted by Crippen LogP contribution is -2.61. The second-order valence-electron chi connectivity index (χ2n) is 8.15. The smallest absolute Gasteiger partial charge is 0.185 e. The minimum atomic E-state index is -3.60. The number of pyridine rings is 1. The molecule has 2 N–H and O–H groups in total. The molecule has 1 fully saturated rings. The van der Waals surface area contributed by atoms with Gasteiger partial charge in [-0.1, -0.05) is 17.7 Å². The number of hydrogen-bond donors (Lipinski definition) is 1. The lowest BCUT2D eigenvalue weighted by atomic mass is 9.82. The van der Waals surface area contributed by atoms with Gasteiger partial charge >= 0.3 is 0 Å². The molecule has 2 aromatic rings. The van der Waals surface area contributed by atoms with Crippen molar-refractivity contribution in [3.63, 3.8) is 0 Å². The number of Topliss-reactive ketones (excluding diaryl/α,β-unsaturated/α-hetero) is 1. The fraction of sp³-hybridized carbons (Fsp3) is 0.381. The molecule has 2 aliphatic rings. The number of nitrogens with zero attached hydrogens (tertiary/aromatic N) is 2. The summed E-state index contributed by atoms with van der Waals surface area (Å²) in [4.78, 5) is 21.0. The lowest BCUT2D eigenvalue weighted by Gasteiger charge is -2.46. The molecule has 1 saturated carbocycles. The van der Waals surface area contributed by atoms with E-state index in [4.69, 9.17) is 17.3 Å². The number of rotatable bonds is 4. The molecule has 6 nitrogen and oxygen atoms in total. The van der Waals surface area contributed by atoms with Crippen LogP contribution in [0.3, 0.4) is 0 Å². The molecule has 2 heterocycles. The van der Waals surface area contributed by atoms with Crippen molar-refractivity contribution >= 4 is 33.1 Å². The normalized spacial score (nSPS) is 24.2. The van der Waals surface area contributed by atoms with Crippen molar-refractivity contribution in [3.05, 3.63) is 64.2 Å². The van der Waals surface area contributed by atoms with Crippen molar-refractivity contribution in [2.75, 3.05) is 5.75 Å². The Kier molecular flexibility index (Phi) is 4.97. The summed E-state index contributed by atoms with van der Waals surface area (Å²) in [7, 11) is -3.60. The van der Waals surface area contributed by atoms with E-state index in [2.05, 4.69) is 9.98 Å². The monoisotopic (exact) mass is 449 g/mol. The molecule has 1 aromatic heterocycles. The zero-order chi connectivity index (χ0) is 21.7. The van der Waals surface area contributed by atoms with Gasteiger partial charge in [0.25, 0.3) is 0 Å². The molecule has 1 spiro atoms. The number of carbonyl (C=O) groups is 1. The van der Waals surface area contributed by atoms with E-state index in [-0.39, 0.29) is 35.0 Å². The topological polar surface area (TPSA) is 102 Å². The van der Waals surface area contributed by atoms with Crippen LogP contribution in [-0.4, -0.2) is 35.5 Å². The van der Waals surface area contributed by atoms with E-state index in [1.54, 1.807) is 13.0 Å². The first-order chi connectivity index (χ1) is 14.1. The first-order valence-corrected chi connectivity index (χ1v) is 11.6. The van der Waals surface area contributed by atoms with E-state index < -0.39 is 25.9 Å². The van der Waals surface area contributed by atoms with Crippen LogP contribution in [0.4, 0.5) is 4.39 Å². The maximum absolute atomic E-state index is 14.8. The molecule has 0 bridgehead atoms. The van der Waals surface area contributed by atoms with Gasteiger partial charge in [0.2, 0.25) is 0 Å². The van der Waals surface area contributed by atoms with Crippen LogP contribution in [0.5, 0.6) is 0 Å². The van der Waals surface area contributed by atoms with Gasteiger partial charge in [0.05, 0.1) is 10.8 Å². The van der Waals surface area contributed by atoms with E-state index in [1.807, 2.05) is 0 Å². The number of amidine groups is 1. The van der Waals surface area contributed by atoms with Crippen molar-refractivity contribution < 1.29 is 17.6 Å². The maximum Gasteiger partial charge on any atom is 0.185 e. The summed E-state index contributed by atoms with van der Waals surface area (Å²) in [6.07, 6.45) is 3.04. The molecular formula is C21H21ClFN3O3S. The van der Waals surface area contributed by atoms with Gasteiger partial charge < -0.3 is 5.73 Å². The fourth-order valence-electron chi connectivity index (χ4n) is 4.18. The molecule has 4 rings (SSSR count). The van der Waals surface area contributed by atoms with Gasteiger partial charge in [0, 0.05) is 18.2 Å². The highest BCUT2D eigenvalue weighted by molar-refractivity contribution is 7.93. The Hall–Kier alpha value is -2.32. The summed E-state index contributed by atoms with van der Waals surface area (Å²) in [5, 5.41) is 0.418. The minimum absolute atomic E-state index is 0.0200. The molecule has 0 saturated heterocycles. The number of benzene rings is 1. The summed E-state index contributed by atoms with van der Waals surface area (Å²) in [5.41, 5.74) is 5.62. The van der Waals surface area contributed by atoms with Crippen molar-refractivity contribution in [1.29, 1.82) is 0 Å². The van der Waals surface area contributed by atoms with Gasteiger partial charge in [-0.2, -0.15) is 0 Å². The minimum Gasteiger partial charge on any atom is -0.386 e. The van der Waals surface area contributed by atoms with Gasteiger partial charge in [0.1, 0.15) is 27.6 Å². The Morgan fingerprint density at radius 2 is 2.00 bits per heavy atom. The van der Waals surface area contributed by atoms with Gasteiger partial charge in [0.15, 0.2) is 15.6 Å².